The van der Waals surface area contributed by atoms with Gasteiger partial charge in [-0.05, 0) is 36.6 Å². The second-order valence-electron chi connectivity index (χ2n) is 8.58. The Labute approximate surface area is 191 Å². The number of aromatic nitrogens is 1. The number of carbonyl (C=O) groups excluding carboxylic acids is 1. The molecule has 1 aliphatic heterocycles. The molecule has 32 heavy (non-hydrogen) atoms. The molecule has 2 aromatic rings. The summed E-state index contributed by atoms with van der Waals surface area (Å²) in [5.41, 5.74) is 2.98. The standard InChI is InChI=1S/C25H36N4O3/c1-6-18(2)22-16-28(15-20-8-7-19(3)26-14-20)11-12-29(22)17-25(30)27-21-9-10-23(31-4)24(13-21)32-5/h7-10,13-14,18,22H,6,11-12,15-17H2,1-5H3,(H,27,30)/t18-,22-/m0/s1. The molecule has 1 aliphatic rings. The van der Waals surface area contributed by atoms with Crippen molar-refractivity contribution in [2.75, 3.05) is 45.7 Å². The Hall–Kier alpha value is -2.64. The summed E-state index contributed by atoms with van der Waals surface area (Å²) in [6.07, 6.45) is 3.05. The molecular formula is C25H36N4O3. The van der Waals surface area contributed by atoms with Gasteiger partial charge in [-0.2, -0.15) is 0 Å². The van der Waals surface area contributed by atoms with E-state index >= 15 is 0 Å². The lowest BCUT2D eigenvalue weighted by atomic mass is 9.95. The van der Waals surface area contributed by atoms with Crippen LogP contribution >= 0.6 is 0 Å². The number of aryl methyl sites for hydroxylation is 1. The van der Waals surface area contributed by atoms with Crippen molar-refractivity contribution < 1.29 is 14.3 Å². The minimum Gasteiger partial charge on any atom is -0.493 e. The fourth-order valence-electron chi connectivity index (χ4n) is 4.21. The van der Waals surface area contributed by atoms with Crippen LogP contribution in [-0.4, -0.2) is 67.1 Å². The number of carbonyl (C=O) groups is 1. The van der Waals surface area contributed by atoms with E-state index in [1.54, 1.807) is 26.4 Å². The fourth-order valence-corrected chi connectivity index (χ4v) is 4.21. The molecule has 3 rings (SSSR count). The van der Waals surface area contributed by atoms with Crippen LogP contribution in [0.3, 0.4) is 0 Å². The second kappa shape index (κ2) is 11.3. The second-order valence-corrected chi connectivity index (χ2v) is 8.58. The highest BCUT2D eigenvalue weighted by atomic mass is 16.5. The molecule has 1 aromatic carbocycles. The first-order chi connectivity index (χ1) is 15.4. The van der Waals surface area contributed by atoms with Crippen LogP contribution < -0.4 is 14.8 Å². The summed E-state index contributed by atoms with van der Waals surface area (Å²) in [6, 6.07) is 9.98. The molecule has 0 spiro atoms. The third-order valence-corrected chi connectivity index (χ3v) is 6.31. The van der Waals surface area contributed by atoms with E-state index in [0.717, 1.165) is 38.3 Å². The van der Waals surface area contributed by atoms with Crippen LogP contribution in [0, 0.1) is 12.8 Å². The Morgan fingerprint density at radius 1 is 1.19 bits per heavy atom. The van der Waals surface area contributed by atoms with Crippen LogP contribution in [0.1, 0.15) is 31.5 Å². The molecule has 7 nitrogen and oxygen atoms in total. The lowest BCUT2D eigenvalue weighted by molar-refractivity contribution is -0.119. The van der Waals surface area contributed by atoms with Crippen LogP contribution in [0.5, 0.6) is 11.5 Å². The number of nitrogens with one attached hydrogen (secondary N) is 1. The SMILES string of the molecule is CC[C@H](C)[C@@H]1CN(Cc2ccc(C)nc2)CCN1CC(=O)Nc1ccc(OC)c(OC)c1. The average Bonchev–Trinajstić information content (AvgIpc) is 2.80. The van der Waals surface area contributed by atoms with Crippen molar-refractivity contribution in [2.24, 2.45) is 5.92 Å². The van der Waals surface area contributed by atoms with E-state index in [4.69, 9.17) is 9.47 Å². The molecule has 0 saturated carbocycles. The zero-order valence-electron chi connectivity index (χ0n) is 19.9. The summed E-state index contributed by atoms with van der Waals surface area (Å²) < 4.78 is 10.6. The Morgan fingerprint density at radius 3 is 2.62 bits per heavy atom. The molecule has 0 unspecified atom stereocenters. The summed E-state index contributed by atoms with van der Waals surface area (Å²) >= 11 is 0. The van der Waals surface area contributed by atoms with Crippen LogP contribution in [0.15, 0.2) is 36.5 Å². The topological polar surface area (TPSA) is 66.9 Å². The molecule has 7 heteroatoms. The van der Waals surface area contributed by atoms with Crippen LogP contribution in [0.2, 0.25) is 0 Å². The molecule has 0 radical (unpaired) electrons. The van der Waals surface area contributed by atoms with E-state index in [0.29, 0.717) is 35.7 Å². The van der Waals surface area contributed by atoms with E-state index in [1.165, 1.54) is 5.56 Å². The minimum atomic E-state index is -0.0123. The van der Waals surface area contributed by atoms with Gasteiger partial charge in [0.05, 0.1) is 20.8 Å². The Bertz CT molecular complexity index is 887. The van der Waals surface area contributed by atoms with Gasteiger partial charge in [-0.1, -0.05) is 26.3 Å². The van der Waals surface area contributed by atoms with Crippen molar-refractivity contribution in [1.82, 2.24) is 14.8 Å². The maximum Gasteiger partial charge on any atom is 0.238 e. The monoisotopic (exact) mass is 440 g/mol. The van der Waals surface area contributed by atoms with E-state index in [1.807, 2.05) is 19.2 Å². The van der Waals surface area contributed by atoms with Crippen molar-refractivity contribution in [3.8, 4) is 11.5 Å². The highest BCUT2D eigenvalue weighted by molar-refractivity contribution is 5.92. The van der Waals surface area contributed by atoms with Gasteiger partial charge in [0.25, 0.3) is 0 Å². The molecule has 1 aromatic heterocycles. The molecule has 1 N–H and O–H groups in total. The maximum absolute atomic E-state index is 12.8. The largest absolute Gasteiger partial charge is 0.493 e. The first-order valence-corrected chi connectivity index (χ1v) is 11.3. The van der Waals surface area contributed by atoms with Crippen LogP contribution in [-0.2, 0) is 11.3 Å². The van der Waals surface area contributed by atoms with E-state index in [2.05, 4.69) is 46.1 Å². The smallest absolute Gasteiger partial charge is 0.238 e. The van der Waals surface area contributed by atoms with Crippen molar-refractivity contribution in [2.45, 2.75) is 39.8 Å². The highest BCUT2D eigenvalue weighted by Gasteiger charge is 2.31. The number of hydrogen-bond donors (Lipinski definition) is 1. The predicted molar refractivity (Wildman–Crippen MR) is 127 cm³/mol. The molecule has 1 fully saturated rings. The van der Waals surface area contributed by atoms with Gasteiger partial charge in [0.15, 0.2) is 11.5 Å². The number of pyridine rings is 1. The fraction of sp³-hybridized carbons (Fsp3) is 0.520. The number of piperazine rings is 1. The zero-order valence-corrected chi connectivity index (χ0v) is 19.9. The Balaban J connectivity index is 1.62. The third kappa shape index (κ3) is 6.20. The normalized spacial score (nSPS) is 18.2. The number of hydrogen-bond acceptors (Lipinski definition) is 6. The predicted octanol–water partition coefficient (Wildman–Crippen LogP) is 3.58. The number of amides is 1. The molecule has 1 saturated heterocycles. The zero-order chi connectivity index (χ0) is 23.1. The lowest BCUT2D eigenvalue weighted by Gasteiger charge is -2.43. The van der Waals surface area contributed by atoms with Gasteiger partial charge in [-0.3, -0.25) is 19.6 Å². The van der Waals surface area contributed by atoms with Gasteiger partial charge in [0, 0.05) is 55.9 Å². The van der Waals surface area contributed by atoms with E-state index < -0.39 is 0 Å². The number of anilines is 1. The van der Waals surface area contributed by atoms with Crippen LogP contribution in [0.4, 0.5) is 5.69 Å². The summed E-state index contributed by atoms with van der Waals surface area (Å²) in [7, 11) is 3.19. The number of ether oxygens (including phenoxy) is 2. The Morgan fingerprint density at radius 2 is 1.97 bits per heavy atom. The molecule has 2 atom stereocenters. The summed E-state index contributed by atoms with van der Waals surface area (Å²) in [5.74, 6) is 1.73. The molecule has 0 bridgehead atoms. The molecule has 2 heterocycles. The Kier molecular flexibility index (Phi) is 8.47. The van der Waals surface area contributed by atoms with Gasteiger partial charge in [0.1, 0.15) is 0 Å². The van der Waals surface area contributed by atoms with Crippen LogP contribution in [0.25, 0.3) is 0 Å². The summed E-state index contributed by atoms with van der Waals surface area (Å²) in [6.45, 7) is 10.5. The van der Waals surface area contributed by atoms with Gasteiger partial charge >= 0.3 is 0 Å². The van der Waals surface area contributed by atoms with Crippen molar-refractivity contribution in [3.63, 3.8) is 0 Å². The summed E-state index contributed by atoms with van der Waals surface area (Å²) in [4.78, 5) is 22.1. The number of rotatable bonds is 9. The first kappa shape index (κ1) is 24.0. The number of benzene rings is 1. The van der Waals surface area contributed by atoms with E-state index in [9.17, 15) is 4.79 Å². The number of methoxy groups -OCH3 is 2. The van der Waals surface area contributed by atoms with Crippen molar-refractivity contribution in [1.29, 1.82) is 0 Å². The van der Waals surface area contributed by atoms with E-state index in [-0.39, 0.29) is 5.91 Å². The average molecular weight is 441 g/mol. The van der Waals surface area contributed by atoms with Gasteiger partial charge < -0.3 is 14.8 Å². The molecule has 174 valence electrons. The highest BCUT2D eigenvalue weighted by Crippen LogP contribution is 2.30. The summed E-state index contributed by atoms with van der Waals surface area (Å²) in [5, 5.41) is 3.01. The number of nitrogens with zero attached hydrogens (tertiary/aromatic N) is 3. The maximum atomic E-state index is 12.8. The van der Waals surface area contributed by atoms with Gasteiger partial charge in [-0.25, -0.2) is 0 Å². The van der Waals surface area contributed by atoms with Gasteiger partial charge in [0.2, 0.25) is 5.91 Å². The quantitative estimate of drug-likeness (QED) is 0.643. The molecular weight excluding hydrogens is 404 g/mol. The lowest BCUT2D eigenvalue weighted by Crippen LogP contribution is -2.56. The van der Waals surface area contributed by atoms with Crippen molar-refractivity contribution in [3.05, 3.63) is 47.8 Å². The third-order valence-electron chi connectivity index (χ3n) is 6.31. The molecule has 0 aliphatic carbocycles. The first-order valence-electron chi connectivity index (χ1n) is 11.3. The van der Waals surface area contributed by atoms with Gasteiger partial charge in [-0.15, -0.1) is 0 Å². The minimum absolute atomic E-state index is 0.0123. The van der Waals surface area contributed by atoms with Crippen molar-refractivity contribution >= 4 is 11.6 Å². The molecule has 1 amide bonds.